The Hall–Kier alpha value is -2.75. The van der Waals surface area contributed by atoms with E-state index in [1.807, 2.05) is 0 Å². The second kappa shape index (κ2) is 6.79. The van der Waals surface area contributed by atoms with E-state index < -0.39 is 23.1 Å². The van der Waals surface area contributed by atoms with Crippen molar-refractivity contribution in [3.05, 3.63) is 44.7 Å². The van der Waals surface area contributed by atoms with Gasteiger partial charge < -0.3 is 10.1 Å². The van der Waals surface area contributed by atoms with Crippen molar-refractivity contribution in [2.45, 2.75) is 13.5 Å². The van der Waals surface area contributed by atoms with Crippen LogP contribution >= 0.6 is 11.6 Å². The van der Waals surface area contributed by atoms with Crippen molar-refractivity contribution in [3.63, 3.8) is 0 Å². The number of hydrogen-bond acceptors (Lipinski definition) is 5. The molecule has 1 aromatic carbocycles. The summed E-state index contributed by atoms with van der Waals surface area (Å²) in [6, 6.07) is 3.61. The molecule has 0 spiro atoms. The number of carbonyl (C=O) groups is 1. The summed E-state index contributed by atoms with van der Waals surface area (Å²) < 4.78 is 29.6. The van der Waals surface area contributed by atoms with E-state index >= 15 is 0 Å². The standard InChI is InChI=1S/C13H11ClF2N4O4/c1-6-10(20(22)23)11(19(2)18-6)12(21)17-7-3-4-9(8(14)5-7)24-13(15)16/h3-5,13H,1-2H3,(H,17,21). The number of rotatable bonds is 5. The van der Waals surface area contributed by atoms with E-state index in [0.29, 0.717) is 0 Å². The van der Waals surface area contributed by atoms with Gasteiger partial charge in [-0.05, 0) is 25.1 Å². The molecule has 1 heterocycles. The van der Waals surface area contributed by atoms with Gasteiger partial charge in [-0.25, -0.2) is 0 Å². The molecule has 0 unspecified atom stereocenters. The summed E-state index contributed by atoms with van der Waals surface area (Å²) in [5.41, 5.74) is -0.425. The maximum atomic E-state index is 12.3. The molecule has 1 amide bonds. The van der Waals surface area contributed by atoms with E-state index in [4.69, 9.17) is 11.6 Å². The highest BCUT2D eigenvalue weighted by atomic mass is 35.5. The van der Waals surface area contributed by atoms with Gasteiger partial charge in [0.25, 0.3) is 5.91 Å². The Bertz CT molecular complexity index is 810. The highest BCUT2D eigenvalue weighted by Gasteiger charge is 2.29. The van der Waals surface area contributed by atoms with E-state index in [1.54, 1.807) is 0 Å². The van der Waals surface area contributed by atoms with Crippen molar-refractivity contribution in [1.29, 1.82) is 0 Å². The predicted octanol–water partition coefficient (Wildman–Crippen LogP) is 3.14. The molecule has 0 aliphatic heterocycles. The summed E-state index contributed by atoms with van der Waals surface area (Å²) in [6.45, 7) is -1.63. The van der Waals surface area contributed by atoms with Crippen LogP contribution in [0.25, 0.3) is 0 Å². The maximum absolute atomic E-state index is 12.3. The van der Waals surface area contributed by atoms with E-state index in [9.17, 15) is 23.7 Å². The SMILES string of the molecule is Cc1nn(C)c(C(=O)Nc2ccc(OC(F)F)c(Cl)c2)c1[N+](=O)[O-]. The highest BCUT2D eigenvalue weighted by molar-refractivity contribution is 6.32. The average molecular weight is 361 g/mol. The molecule has 0 saturated carbocycles. The van der Waals surface area contributed by atoms with E-state index in [1.165, 1.54) is 26.1 Å². The lowest BCUT2D eigenvalue weighted by Gasteiger charge is -2.09. The van der Waals surface area contributed by atoms with Crippen molar-refractivity contribution in [2.75, 3.05) is 5.32 Å². The van der Waals surface area contributed by atoms with Crippen LogP contribution in [0.4, 0.5) is 20.2 Å². The number of anilines is 1. The molecule has 0 atom stereocenters. The molecule has 0 radical (unpaired) electrons. The third-order valence-corrected chi connectivity index (χ3v) is 3.29. The molecule has 2 rings (SSSR count). The second-order valence-electron chi connectivity index (χ2n) is 4.64. The van der Waals surface area contributed by atoms with Crippen molar-refractivity contribution in [2.24, 2.45) is 7.05 Å². The van der Waals surface area contributed by atoms with Gasteiger partial charge in [-0.1, -0.05) is 11.6 Å². The fourth-order valence-electron chi connectivity index (χ4n) is 2.08. The lowest BCUT2D eigenvalue weighted by atomic mass is 10.2. The first-order valence-corrected chi connectivity index (χ1v) is 6.82. The van der Waals surface area contributed by atoms with Crippen LogP contribution < -0.4 is 10.1 Å². The Labute approximate surface area is 139 Å². The molecule has 11 heteroatoms. The Kier molecular flexibility index (Phi) is 4.98. The summed E-state index contributed by atoms with van der Waals surface area (Å²) in [4.78, 5) is 22.7. The van der Waals surface area contributed by atoms with Crippen LogP contribution in [-0.4, -0.2) is 27.2 Å². The first-order valence-electron chi connectivity index (χ1n) is 6.44. The predicted molar refractivity (Wildman–Crippen MR) is 80.6 cm³/mol. The number of aromatic nitrogens is 2. The smallest absolute Gasteiger partial charge is 0.387 e. The molecule has 0 saturated heterocycles. The number of nitro groups is 1. The largest absolute Gasteiger partial charge is 0.433 e. The van der Waals surface area contributed by atoms with Crippen LogP contribution in [0.3, 0.4) is 0 Å². The zero-order valence-electron chi connectivity index (χ0n) is 12.4. The molecular formula is C13H11ClF2N4O4. The summed E-state index contributed by atoms with van der Waals surface area (Å²) in [7, 11) is 1.39. The van der Waals surface area contributed by atoms with Gasteiger partial charge in [-0.15, -0.1) is 0 Å². The van der Waals surface area contributed by atoms with Crippen LogP contribution in [0.15, 0.2) is 18.2 Å². The highest BCUT2D eigenvalue weighted by Crippen LogP contribution is 2.30. The summed E-state index contributed by atoms with van der Waals surface area (Å²) >= 11 is 5.78. The van der Waals surface area contributed by atoms with Gasteiger partial charge in [0.15, 0.2) is 0 Å². The lowest BCUT2D eigenvalue weighted by molar-refractivity contribution is -0.385. The van der Waals surface area contributed by atoms with Crippen LogP contribution in [0.1, 0.15) is 16.2 Å². The number of carbonyl (C=O) groups excluding carboxylic acids is 1. The number of ether oxygens (including phenoxy) is 1. The molecule has 128 valence electrons. The number of nitrogens with one attached hydrogen (secondary N) is 1. The van der Waals surface area contributed by atoms with Crippen LogP contribution in [-0.2, 0) is 7.05 Å². The first-order chi connectivity index (χ1) is 11.2. The average Bonchev–Trinajstić information content (AvgIpc) is 2.76. The van der Waals surface area contributed by atoms with Crippen molar-refractivity contribution in [3.8, 4) is 5.75 Å². The zero-order valence-corrected chi connectivity index (χ0v) is 13.2. The molecule has 0 aliphatic carbocycles. The minimum absolute atomic E-state index is 0.0892. The molecule has 2 aromatic rings. The molecule has 24 heavy (non-hydrogen) atoms. The second-order valence-corrected chi connectivity index (χ2v) is 5.05. The minimum Gasteiger partial charge on any atom is -0.433 e. The van der Waals surface area contributed by atoms with Gasteiger partial charge in [0.2, 0.25) is 5.69 Å². The molecule has 8 nitrogen and oxygen atoms in total. The lowest BCUT2D eigenvalue weighted by Crippen LogP contribution is -2.17. The van der Waals surface area contributed by atoms with Crippen molar-refractivity contribution < 1.29 is 23.2 Å². The van der Waals surface area contributed by atoms with Crippen molar-refractivity contribution >= 4 is 28.9 Å². The number of alkyl halides is 2. The van der Waals surface area contributed by atoms with E-state index in [0.717, 1.165) is 10.7 Å². The minimum atomic E-state index is -3.04. The molecule has 1 aromatic heterocycles. The Morgan fingerprint density at radius 2 is 2.17 bits per heavy atom. The Morgan fingerprint density at radius 1 is 1.50 bits per heavy atom. The summed E-state index contributed by atoms with van der Waals surface area (Å²) in [6.07, 6.45) is 0. The normalized spacial score (nSPS) is 10.8. The summed E-state index contributed by atoms with van der Waals surface area (Å²) in [5, 5.41) is 17.2. The summed E-state index contributed by atoms with van der Waals surface area (Å²) in [5.74, 6) is -1.05. The van der Waals surface area contributed by atoms with Gasteiger partial charge >= 0.3 is 12.3 Å². The third-order valence-electron chi connectivity index (χ3n) is 2.99. The van der Waals surface area contributed by atoms with Crippen LogP contribution in [0, 0.1) is 17.0 Å². The number of hydrogen-bond donors (Lipinski definition) is 1. The third kappa shape index (κ3) is 3.59. The van der Waals surface area contributed by atoms with Crippen LogP contribution in [0.5, 0.6) is 5.75 Å². The first kappa shape index (κ1) is 17.6. The molecule has 0 aliphatic rings. The maximum Gasteiger partial charge on any atom is 0.387 e. The van der Waals surface area contributed by atoms with E-state index in [-0.39, 0.29) is 27.8 Å². The van der Waals surface area contributed by atoms with Gasteiger partial charge in [0.1, 0.15) is 11.4 Å². The topological polar surface area (TPSA) is 99.3 Å². The molecule has 0 fully saturated rings. The van der Waals surface area contributed by atoms with Crippen molar-refractivity contribution in [1.82, 2.24) is 9.78 Å². The number of amides is 1. The molecule has 0 bridgehead atoms. The van der Waals surface area contributed by atoms with Gasteiger partial charge in [0.05, 0.1) is 9.95 Å². The quantitative estimate of drug-likeness (QED) is 0.652. The molecule has 1 N–H and O–H groups in total. The molecular weight excluding hydrogens is 350 g/mol. The number of halogens is 3. The Balaban J connectivity index is 2.28. The fraction of sp³-hybridized carbons (Fsp3) is 0.231. The number of nitrogens with zero attached hydrogens (tertiary/aromatic N) is 3. The van der Waals surface area contributed by atoms with E-state index in [2.05, 4.69) is 15.2 Å². The zero-order chi connectivity index (χ0) is 18.0. The van der Waals surface area contributed by atoms with Crippen LogP contribution in [0.2, 0.25) is 5.02 Å². The van der Waals surface area contributed by atoms with Gasteiger partial charge in [0, 0.05) is 12.7 Å². The van der Waals surface area contributed by atoms with Gasteiger partial charge in [-0.3, -0.25) is 19.6 Å². The number of aryl methyl sites for hydroxylation is 2. The van der Waals surface area contributed by atoms with Gasteiger partial charge in [-0.2, -0.15) is 13.9 Å². The Morgan fingerprint density at radius 3 is 2.71 bits per heavy atom. The monoisotopic (exact) mass is 360 g/mol. The number of benzene rings is 1. The fourth-order valence-corrected chi connectivity index (χ4v) is 2.31.